The van der Waals surface area contributed by atoms with Crippen molar-refractivity contribution in [3.05, 3.63) is 61.6 Å². The first-order valence-corrected chi connectivity index (χ1v) is 6.80. The van der Waals surface area contributed by atoms with Crippen molar-refractivity contribution in [1.82, 2.24) is 0 Å². The summed E-state index contributed by atoms with van der Waals surface area (Å²) in [5, 5.41) is 23.3. The quantitative estimate of drug-likeness (QED) is 0.612. The van der Waals surface area contributed by atoms with Gasteiger partial charge in [0.05, 0.1) is 20.1 Å². The van der Waals surface area contributed by atoms with Crippen molar-refractivity contribution < 1.29 is 14.8 Å². The van der Waals surface area contributed by atoms with Gasteiger partial charge in [-0.15, -0.1) is 0 Å². The fourth-order valence-corrected chi connectivity index (χ4v) is 2.24. The number of carboxylic acids is 1. The van der Waals surface area contributed by atoms with Gasteiger partial charge in [-0.25, -0.2) is 4.79 Å². The average molecular weight is 372 g/mol. The highest BCUT2D eigenvalue weighted by molar-refractivity contribution is 9.10. The molecule has 2 aromatic rings. The molecule has 21 heavy (non-hydrogen) atoms. The van der Waals surface area contributed by atoms with Gasteiger partial charge < -0.3 is 10.4 Å². The number of hydrogen-bond donors (Lipinski definition) is 2. The normalized spacial score (nSPS) is 10.2. The fraction of sp³-hybridized carbons (Fsp3) is 0. The summed E-state index contributed by atoms with van der Waals surface area (Å²) in [7, 11) is 0. The van der Waals surface area contributed by atoms with Crippen molar-refractivity contribution in [1.29, 1.82) is 0 Å². The summed E-state index contributed by atoms with van der Waals surface area (Å²) in [4.78, 5) is 21.1. The smallest absolute Gasteiger partial charge is 0.342 e. The van der Waals surface area contributed by atoms with E-state index in [4.69, 9.17) is 16.7 Å². The van der Waals surface area contributed by atoms with E-state index in [-0.39, 0.29) is 5.56 Å². The summed E-state index contributed by atoms with van der Waals surface area (Å²) in [5.74, 6) is -1.35. The first kappa shape index (κ1) is 15.3. The van der Waals surface area contributed by atoms with Gasteiger partial charge in [0.15, 0.2) is 0 Å². The summed E-state index contributed by atoms with van der Waals surface area (Å²) < 4.78 is 0.608. The Kier molecular flexibility index (Phi) is 4.44. The zero-order valence-corrected chi connectivity index (χ0v) is 12.7. The van der Waals surface area contributed by atoms with Crippen molar-refractivity contribution in [3.63, 3.8) is 0 Å². The molecule has 0 amide bonds. The molecule has 0 aliphatic rings. The van der Waals surface area contributed by atoms with Gasteiger partial charge in [-0.2, -0.15) is 0 Å². The van der Waals surface area contributed by atoms with Crippen LogP contribution < -0.4 is 5.32 Å². The number of halogens is 2. The molecule has 0 aliphatic carbocycles. The van der Waals surface area contributed by atoms with Gasteiger partial charge in [0.1, 0.15) is 5.56 Å². The van der Waals surface area contributed by atoms with Gasteiger partial charge in [0.25, 0.3) is 5.69 Å². The highest BCUT2D eigenvalue weighted by atomic mass is 79.9. The largest absolute Gasteiger partial charge is 0.477 e. The summed E-state index contributed by atoms with van der Waals surface area (Å²) in [6, 6.07) is 8.93. The zero-order valence-electron chi connectivity index (χ0n) is 10.3. The van der Waals surface area contributed by atoms with Crippen LogP contribution in [-0.4, -0.2) is 16.0 Å². The molecule has 6 nitrogen and oxygen atoms in total. The SMILES string of the molecule is O=C(O)c1ccc(Nc2cccc(Cl)c2Br)cc1[N+](=O)[O-]. The molecule has 2 rings (SSSR count). The minimum atomic E-state index is -1.35. The van der Waals surface area contributed by atoms with E-state index < -0.39 is 16.6 Å². The summed E-state index contributed by atoms with van der Waals surface area (Å²) in [6.07, 6.45) is 0. The number of benzene rings is 2. The average Bonchev–Trinajstić information content (AvgIpc) is 2.43. The molecule has 2 aromatic carbocycles. The summed E-state index contributed by atoms with van der Waals surface area (Å²) in [6.45, 7) is 0. The van der Waals surface area contributed by atoms with Crippen LogP contribution in [0.2, 0.25) is 5.02 Å². The maximum atomic E-state index is 10.9. The molecule has 0 aliphatic heterocycles. The molecule has 0 saturated heterocycles. The lowest BCUT2D eigenvalue weighted by Crippen LogP contribution is -2.03. The number of rotatable bonds is 4. The van der Waals surface area contributed by atoms with E-state index in [0.29, 0.717) is 20.9 Å². The third kappa shape index (κ3) is 3.32. The molecular formula is C13H8BrClN2O4. The first-order chi connectivity index (χ1) is 9.90. The maximum Gasteiger partial charge on any atom is 0.342 e. The number of carboxylic acid groups (broad SMARTS) is 1. The molecule has 0 saturated carbocycles. The van der Waals surface area contributed by atoms with E-state index in [9.17, 15) is 14.9 Å². The highest BCUT2D eigenvalue weighted by Gasteiger charge is 2.20. The molecular weight excluding hydrogens is 364 g/mol. The van der Waals surface area contributed by atoms with Gasteiger partial charge in [0.2, 0.25) is 0 Å². The Bertz CT molecular complexity index is 736. The van der Waals surface area contributed by atoms with Crippen molar-refractivity contribution >= 4 is 50.6 Å². The second-order valence-electron chi connectivity index (χ2n) is 4.02. The van der Waals surface area contributed by atoms with Crippen LogP contribution in [0.15, 0.2) is 40.9 Å². The minimum Gasteiger partial charge on any atom is -0.477 e. The zero-order chi connectivity index (χ0) is 15.6. The van der Waals surface area contributed by atoms with E-state index >= 15 is 0 Å². The summed E-state index contributed by atoms with van der Waals surface area (Å²) >= 11 is 9.26. The number of nitrogens with zero attached hydrogens (tertiary/aromatic N) is 1. The van der Waals surface area contributed by atoms with Crippen molar-refractivity contribution in [3.8, 4) is 0 Å². The number of carbonyl (C=O) groups is 1. The van der Waals surface area contributed by atoms with Crippen molar-refractivity contribution in [2.24, 2.45) is 0 Å². The van der Waals surface area contributed by atoms with Gasteiger partial charge in [-0.3, -0.25) is 10.1 Å². The van der Waals surface area contributed by atoms with Crippen LogP contribution in [0.25, 0.3) is 0 Å². The Morgan fingerprint density at radius 3 is 2.67 bits per heavy atom. The van der Waals surface area contributed by atoms with E-state index in [1.54, 1.807) is 18.2 Å². The lowest BCUT2D eigenvalue weighted by molar-refractivity contribution is -0.385. The topological polar surface area (TPSA) is 92.5 Å². The van der Waals surface area contributed by atoms with Crippen LogP contribution in [0.3, 0.4) is 0 Å². The third-order valence-corrected chi connectivity index (χ3v) is 4.05. The molecule has 108 valence electrons. The van der Waals surface area contributed by atoms with E-state index in [2.05, 4.69) is 21.2 Å². The molecule has 8 heteroatoms. The molecule has 0 unspecified atom stereocenters. The minimum absolute atomic E-state index is 0.365. The van der Waals surface area contributed by atoms with Gasteiger partial charge in [0, 0.05) is 11.8 Å². The lowest BCUT2D eigenvalue weighted by Gasteiger charge is -2.10. The maximum absolute atomic E-state index is 10.9. The van der Waals surface area contributed by atoms with Crippen LogP contribution >= 0.6 is 27.5 Å². The molecule has 0 atom stereocenters. The van der Waals surface area contributed by atoms with Crippen LogP contribution in [0, 0.1) is 10.1 Å². The monoisotopic (exact) mass is 370 g/mol. The van der Waals surface area contributed by atoms with E-state index in [0.717, 1.165) is 6.07 Å². The molecule has 2 N–H and O–H groups in total. The van der Waals surface area contributed by atoms with Gasteiger partial charge in [-0.1, -0.05) is 17.7 Å². The van der Waals surface area contributed by atoms with Crippen LogP contribution in [-0.2, 0) is 0 Å². The molecule has 0 aromatic heterocycles. The lowest BCUT2D eigenvalue weighted by atomic mass is 10.1. The number of nitro benzene ring substituents is 1. The third-order valence-electron chi connectivity index (χ3n) is 2.66. The molecule has 0 bridgehead atoms. The number of aromatic carboxylic acids is 1. The van der Waals surface area contributed by atoms with Gasteiger partial charge in [-0.05, 0) is 40.2 Å². The number of anilines is 2. The Labute approximate surface area is 132 Å². The highest BCUT2D eigenvalue weighted by Crippen LogP contribution is 2.33. The van der Waals surface area contributed by atoms with Crippen molar-refractivity contribution in [2.75, 3.05) is 5.32 Å². The van der Waals surface area contributed by atoms with Gasteiger partial charge >= 0.3 is 5.97 Å². The molecule has 0 fully saturated rings. The molecule has 0 heterocycles. The predicted molar refractivity (Wildman–Crippen MR) is 82.5 cm³/mol. The van der Waals surface area contributed by atoms with E-state index in [1.807, 2.05) is 0 Å². The second-order valence-corrected chi connectivity index (χ2v) is 5.22. The Morgan fingerprint density at radius 2 is 2.05 bits per heavy atom. The molecule has 0 spiro atoms. The van der Waals surface area contributed by atoms with Crippen LogP contribution in [0.4, 0.5) is 17.1 Å². The summed E-state index contributed by atoms with van der Waals surface area (Å²) in [5.41, 5.74) is 0.149. The Morgan fingerprint density at radius 1 is 1.33 bits per heavy atom. The predicted octanol–water partition coefficient (Wildman–Crippen LogP) is 4.45. The second kappa shape index (κ2) is 6.11. The van der Waals surface area contributed by atoms with Crippen molar-refractivity contribution in [2.45, 2.75) is 0 Å². The number of nitro groups is 1. The van der Waals surface area contributed by atoms with Crippen LogP contribution in [0.1, 0.15) is 10.4 Å². The molecule has 0 radical (unpaired) electrons. The number of hydrogen-bond acceptors (Lipinski definition) is 4. The Hall–Kier alpha value is -2.12. The number of nitrogens with one attached hydrogen (secondary N) is 1. The fourth-order valence-electron chi connectivity index (χ4n) is 1.70. The Balaban J connectivity index is 2.42. The van der Waals surface area contributed by atoms with Crippen LogP contribution in [0.5, 0.6) is 0 Å². The van der Waals surface area contributed by atoms with E-state index in [1.165, 1.54) is 12.1 Å². The first-order valence-electron chi connectivity index (χ1n) is 5.63. The standard InChI is InChI=1S/C13H8BrClN2O4/c14-12-9(15)2-1-3-10(12)16-7-4-5-8(13(18)19)11(6-7)17(20)21/h1-6,16H,(H,18,19).